The van der Waals surface area contributed by atoms with Crippen LogP contribution >= 0.6 is 12.2 Å². The fourth-order valence-corrected chi connectivity index (χ4v) is 2.75. The van der Waals surface area contributed by atoms with Gasteiger partial charge in [0.15, 0.2) is 10.9 Å². The zero-order chi connectivity index (χ0) is 15.9. The lowest BCUT2D eigenvalue weighted by atomic mass is 10.3. The van der Waals surface area contributed by atoms with Crippen LogP contribution in [0.2, 0.25) is 0 Å². The Kier molecular flexibility index (Phi) is 3.62. The van der Waals surface area contributed by atoms with Gasteiger partial charge in [-0.25, -0.2) is 0 Å². The number of amides is 1. The molecule has 1 amide bonds. The van der Waals surface area contributed by atoms with E-state index >= 15 is 0 Å². The Morgan fingerprint density at radius 3 is 2.55 bits per heavy atom. The molecule has 0 bridgehead atoms. The number of carbonyl (C=O) groups excluding carboxylic acids is 1. The Bertz CT molecular complexity index is 711. The smallest absolute Gasteiger partial charge is 0.276 e. The average molecular weight is 315 g/mol. The molecule has 2 aliphatic rings. The molecule has 0 unspecified atom stereocenters. The molecule has 0 radical (unpaired) electrons. The molecular formula is C16H17N3O2S. The number of allylic oxidation sites excluding steroid dienone is 2. The van der Waals surface area contributed by atoms with Gasteiger partial charge in [0.2, 0.25) is 5.88 Å². The molecule has 2 aliphatic heterocycles. The Hall–Kier alpha value is -2.34. The van der Waals surface area contributed by atoms with Crippen LogP contribution in [0.3, 0.4) is 0 Å². The molecule has 114 valence electrons. The van der Waals surface area contributed by atoms with Crippen molar-refractivity contribution in [1.29, 1.82) is 0 Å². The fraction of sp³-hybridized carbons (Fsp3) is 0.250. The van der Waals surface area contributed by atoms with Crippen LogP contribution in [0.4, 0.5) is 5.69 Å². The first kappa shape index (κ1) is 14.6. The molecule has 0 N–H and O–H groups in total. The zero-order valence-electron chi connectivity index (χ0n) is 12.7. The molecule has 6 heteroatoms. The van der Waals surface area contributed by atoms with Crippen molar-refractivity contribution in [2.45, 2.75) is 6.92 Å². The lowest BCUT2D eigenvalue weighted by Crippen LogP contribution is -2.26. The highest BCUT2D eigenvalue weighted by Gasteiger charge is 2.32. The molecule has 3 rings (SSSR count). The summed E-state index contributed by atoms with van der Waals surface area (Å²) in [6, 6.07) is 7.87. The highest BCUT2D eigenvalue weighted by Crippen LogP contribution is 2.38. The Labute approximate surface area is 135 Å². The topological polar surface area (TPSA) is 36.0 Å². The van der Waals surface area contributed by atoms with Crippen LogP contribution in [0.15, 0.2) is 48.0 Å². The number of anilines is 1. The van der Waals surface area contributed by atoms with Gasteiger partial charge in [-0.3, -0.25) is 9.69 Å². The summed E-state index contributed by atoms with van der Waals surface area (Å²) >= 11 is 5.20. The number of rotatable bonds is 2. The maximum absolute atomic E-state index is 12.1. The van der Waals surface area contributed by atoms with E-state index < -0.39 is 0 Å². The van der Waals surface area contributed by atoms with E-state index in [-0.39, 0.29) is 5.91 Å². The van der Waals surface area contributed by atoms with Crippen LogP contribution in [-0.4, -0.2) is 41.5 Å². The molecular weight excluding hydrogens is 298 g/mol. The van der Waals surface area contributed by atoms with Crippen molar-refractivity contribution in [2.24, 2.45) is 0 Å². The van der Waals surface area contributed by atoms with E-state index in [0.717, 1.165) is 18.0 Å². The molecule has 1 fully saturated rings. The normalized spacial score (nSPS) is 21.1. The third-order valence-corrected chi connectivity index (χ3v) is 4.34. The van der Waals surface area contributed by atoms with Crippen molar-refractivity contribution >= 4 is 28.9 Å². The van der Waals surface area contributed by atoms with E-state index in [1.165, 1.54) is 4.90 Å². The molecule has 5 nitrogen and oxygen atoms in total. The van der Waals surface area contributed by atoms with Gasteiger partial charge in [0, 0.05) is 26.7 Å². The van der Waals surface area contributed by atoms with Gasteiger partial charge in [0.25, 0.3) is 5.91 Å². The number of hydrogen-bond acceptors (Lipinski definition) is 4. The highest BCUT2D eigenvalue weighted by molar-refractivity contribution is 7.80. The summed E-state index contributed by atoms with van der Waals surface area (Å²) < 4.78 is 5.86. The molecule has 2 heterocycles. The molecule has 22 heavy (non-hydrogen) atoms. The lowest BCUT2D eigenvalue weighted by Gasteiger charge is -2.15. The molecule has 0 aromatic heterocycles. The van der Waals surface area contributed by atoms with Crippen LogP contribution < -0.4 is 9.64 Å². The molecule has 1 aromatic rings. The SMILES string of the molecule is CCN1/C(=C/C=C2/C(=O)N(C)C(=S)N2C)Oc2ccccc21. The number of para-hydroxylation sites is 2. The molecule has 0 aliphatic carbocycles. The van der Waals surface area contributed by atoms with Crippen LogP contribution in [0.5, 0.6) is 5.75 Å². The quantitative estimate of drug-likeness (QED) is 0.618. The van der Waals surface area contributed by atoms with Gasteiger partial charge in [0.05, 0.1) is 5.69 Å². The van der Waals surface area contributed by atoms with Gasteiger partial charge >= 0.3 is 0 Å². The third-order valence-electron chi connectivity index (χ3n) is 3.80. The molecule has 0 saturated carbocycles. The number of hydrogen-bond donors (Lipinski definition) is 0. The van der Waals surface area contributed by atoms with Crippen molar-refractivity contribution in [1.82, 2.24) is 9.80 Å². The summed E-state index contributed by atoms with van der Waals surface area (Å²) in [4.78, 5) is 17.4. The van der Waals surface area contributed by atoms with Gasteiger partial charge in [-0.2, -0.15) is 0 Å². The minimum atomic E-state index is -0.108. The van der Waals surface area contributed by atoms with Crippen molar-refractivity contribution in [3.63, 3.8) is 0 Å². The van der Waals surface area contributed by atoms with Crippen molar-refractivity contribution in [2.75, 3.05) is 25.5 Å². The summed E-state index contributed by atoms with van der Waals surface area (Å²) in [5.74, 6) is 1.42. The van der Waals surface area contributed by atoms with E-state index in [4.69, 9.17) is 17.0 Å². The van der Waals surface area contributed by atoms with Gasteiger partial charge in [-0.05, 0) is 37.4 Å². The number of fused-ring (bicyclic) bond motifs is 1. The van der Waals surface area contributed by atoms with Gasteiger partial charge < -0.3 is 14.5 Å². The van der Waals surface area contributed by atoms with E-state index in [1.54, 1.807) is 25.1 Å². The van der Waals surface area contributed by atoms with Gasteiger partial charge in [-0.1, -0.05) is 12.1 Å². The predicted molar refractivity (Wildman–Crippen MR) is 89.4 cm³/mol. The van der Waals surface area contributed by atoms with E-state index in [2.05, 4.69) is 11.8 Å². The Morgan fingerprint density at radius 1 is 1.18 bits per heavy atom. The van der Waals surface area contributed by atoms with E-state index in [0.29, 0.717) is 16.7 Å². The van der Waals surface area contributed by atoms with Crippen LogP contribution in [0, 0.1) is 0 Å². The second kappa shape index (κ2) is 5.46. The second-order valence-electron chi connectivity index (χ2n) is 5.08. The summed E-state index contributed by atoms with van der Waals surface area (Å²) in [6.07, 6.45) is 3.57. The largest absolute Gasteiger partial charge is 0.439 e. The number of thiocarbonyl (C=S) groups is 1. The maximum atomic E-state index is 12.1. The molecule has 1 saturated heterocycles. The average Bonchev–Trinajstić information content (AvgIpc) is 2.97. The number of carbonyl (C=O) groups is 1. The van der Waals surface area contributed by atoms with Crippen LogP contribution in [0.1, 0.15) is 6.92 Å². The summed E-state index contributed by atoms with van der Waals surface area (Å²) in [5, 5.41) is 0.498. The maximum Gasteiger partial charge on any atom is 0.276 e. The van der Waals surface area contributed by atoms with Crippen molar-refractivity contribution in [3.8, 4) is 5.75 Å². The Balaban J connectivity index is 1.93. The van der Waals surface area contributed by atoms with E-state index in [9.17, 15) is 4.79 Å². The van der Waals surface area contributed by atoms with Crippen LogP contribution in [-0.2, 0) is 4.79 Å². The minimum absolute atomic E-state index is 0.108. The number of ether oxygens (including phenoxy) is 1. The second-order valence-corrected chi connectivity index (χ2v) is 5.44. The summed E-state index contributed by atoms with van der Waals surface area (Å²) in [6.45, 7) is 2.84. The van der Waals surface area contributed by atoms with Crippen molar-refractivity contribution in [3.05, 3.63) is 48.0 Å². The highest BCUT2D eigenvalue weighted by atomic mass is 32.1. The summed E-state index contributed by atoms with van der Waals surface area (Å²) in [7, 11) is 3.46. The zero-order valence-corrected chi connectivity index (χ0v) is 13.6. The number of benzene rings is 1. The minimum Gasteiger partial charge on any atom is -0.439 e. The van der Waals surface area contributed by atoms with Gasteiger partial charge in [-0.15, -0.1) is 0 Å². The first-order valence-corrected chi connectivity index (χ1v) is 7.47. The fourth-order valence-electron chi connectivity index (χ4n) is 2.57. The monoisotopic (exact) mass is 315 g/mol. The van der Waals surface area contributed by atoms with Gasteiger partial charge in [0.1, 0.15) is 5.70 Å². The standard InChI is InChI=1S/C16H17N3O2S/c1-4-19-11-7-5-6-8-13(11)21-14(19)10-9-12-15(20)18(3)16(22)17(12)2/h5-10H,4H2,1-3H3/b12-9-,14-10-. The molecule has 0 spiro atoms. The Morgan fingerprint density at radius 2 is 1.91 bits per heavy atom. The first-order chi connectivity index (χ1) is 10.5. The third kappa shape index (κ3) is 2.16. The summed E-state index contributed by atoms with van der Waals surface area (Å²) in [5.41, 5.74) is 1.57. The van der Waals surface area contributed by atoms with E-state index in [1.807, 2.05) is 30.3 Å². The molecule has 1 aromatic carbocycles. The predicted octanol–water partition coefficient (Wildman–Crippen LogP) is 2.32. The van der Waals surface area contributed by atoms with Crippen LogP contribution in [0.25, 0.3) is 0 Å². The lowest BCUT2D eigenvalue weighted by molar-refractivity contribution is -0.121. The number of likely N-dealkylation sites (N-methyl/N-ethyl adjacent to an activating group) is 2. The van der Waals surface area contributed by atoms with Crippen molar-refractivity contribution < 1.29 is 9.53 Å². The number of nitrogens with zero attached hydrogens (tertiary/aromatic N) is 3. The first-order valence-electron chi connectivity index (χ1n) is 7.06. The molecule has 0 atom stereocenters.